The molecule has 1 aliphatic rings. The van der Waals surface area contributed by atoms with E-state index in [0.29, 0.717) is 24.9 Å². The van der Waals surface area contributed by atoms with Crippen molar-refractivity contribution < 1.29 is 9.47 Å². The van der Waals surface area contributed by atoms with Gasteiger partial charge in [-0.3, -0.25) is 5.43 Å². The predicted octanol–water partition coefficient (Wildman–Crippen LogP) is 1.28. The van der Waals surface area contributed by atoms with Crippen LogP contribution in [-0.4, -0.2) is 37.7 Å². The lowest BCUT2D eigenvalue weighted by Crippen LogP contribution is -2.35. The van der Waals surface area contributed by atoms with Gasteiger partial charge in [0.15, 0.2) is 5.11 Å². The summed E-state index contributed by atoms with van der Waals surface area (Å²) in [6, 6.07) is 7.86. The van der Waals surface area contributed by atoms with Crippen LogP contribution in [0.5, 0.6) is 5.75 Å². The first-order chi connectivity index (χ1) is 9.31. The lowest BCUT2D eigenvalue weighted by atomic mass is 10.0. The zero-order valence-corrected chi connectivity index (χ0v) is 11.6. The molecule has 0 saturated carbocycles. The molecule has 0 amide bonds. The number of thiocarbonyl (C=S) groups is 1. The minimum absolute atomic E-state index is 0.494. The molecule has 0 radical (unpaired) electrons. The Hall–Kier alpha value is -1.66. The average Bonchev–Trinajstić information content (AvgIpc) is 2.45. The fourth-order valence-corrected chi connectivity index (χ4v) is 1.91. The van der Waals surface area contributed by atoms with Crippen molar-refractivity contribution in [1.82, 2.24) is 10.7 Å². The van der Waals surface area contributed by atoms with Crippen molar-refractivity contribution in [3.05, 3.63) is 29.8 Å². The molecule has 0 saturated heterocycles. The van der Waals surface area contributed by atoms with Crippen LogP contribution in [0.1, 0.15) is 12.0 Å². The lowest BCUT2D eigenvalue weighted by molar-refractivity contribution is 0.204. The van der Waals surface area contributed by atoms with Crippen LogP contribution < -0.4 is 15.5 Å². The summed E-state index contributed by atoms with van der Waals surface area (Å²) in [4.78, 5) is 0. The number of benzene rings is 1. The Balaban J connectivity index is 1.95. The monoisotopic (exact) mass is 279 g/mol. The summed E-state index contributed by atoms with van der Waals surface area (Å²) in [7, 11) is 1.65. The molecule has 0 aromatic heterocycles. The first-order valence-electron chi connectivity index (χ1n) is 6.13. The largest absolute Gasteiger partial charge is 0.492 e. The zero-order chi connectivity index (χ0) is 13.5. The van der Waals surface area contributed by atoms with E-state index in [1.165, 1.54) is 0 Å². The standard InChI is InChI=1S/C13H17N3O2S/c1-17-9-7-14-13(19)16-15-11-6-8-18-12-5-3-2-4-10(11)12/h2-5H,6-9H2,1H3,(H2,14,16,19)/b15-11-. The van der Waals surface area contributed by atoms with Crippen molar-refractivity contribution in [3.63, 3.8) is 0 Å². The second-order valence-corrected chi connectivity index (χ2v) is 4.42. The Morgan fingerprint density at radius 2 is 2.32 bits per heavy atom. The third-order valence-corrected chi connectivity index (χ3v) is 2.91. The molecular weight excluding hydrogens is 262 g/mol. The number of rotatable bonds is 4. The van der Waals surface area contributed by atoms with Crippen LogP contribution >= 0.6 is 12.2 Å². The van der Waals surface area contributed by atoms with Crippen LogP contribution in [0.2, 0.25) is 0 Å². The van der Waals surface area contributed by atoms with E-state index in [0.717, 1.165) is 23.4 Å². The molecule has 102 valence electrons. The number of methoxy groups -OCH3 is 1. The Labute approximate surface area is 118 Å². The van der Waals surface area contributed by atoms with Gasteiger partial charge in [0.2, 0.25) is 0 Å². The Bertz CT molecular complexity index is 477. The highest BCUT2D eigenvalue weighted by Crippen LogP contribution is 2.23. The smallest absolute Gasteiger partial charge is 0.187 e. The SMILES string of the molecule is COCCNC(=S)N/N=C1/CCOc2ccccc21. The van der Waals surface area contributed by atoms with E-state index in [1.54, 1.807) is 7.11 Å². The summed E-state index contributed by atoms with van der Waals surface area (Å²) < 4.78 is 10.5. The molecular formula is C13H17N3O2S. The van der Waals surface area contributed by atoms with E-state index >= 15 is 0 Å². The molecule has 1 aromatic carbocycles. The van der Waals surface area contributed by atoms with Gasteiger partial charge < -0.3 is 14.8 Å². The van der Waals surface area contributed by atoms with Crippen molar-refractivity contribution in [2.24, 2.45) is 5.10 Å². The summed E-state index contributed by atoms with van der Waals surface area (Å²) in [5, 5.41) is 7.84. The van der Waals surface area contributed by atoms with Gasteiger partial charge in [0, 0.05) is 25.6 Å². The number of fused-ring (bicyclic) bond motifs is 1. The van der Waals surface area contributed by atoms with Crippen molar-refractivity contribution in [3.8, 4) is 5.75 Å². The molecule has 0 atom stereocenters. The fraction of sp³-hybridized carbons (Fsp3) is 0.385. The van der Waals surface area contributed by atoms with Gasteiger partial charge in [-0.25, -0.2) is 0 Å². The normalized spacial score (nSPS) is 15.5. The van der Waals surface area contributed by atoms with Crippen LogP contribution in [0.25, 0.3) is 0 Å². The molecule has 1 aromatic rings. The van der Waals surface area contributed by atoms with Gasteiger partial charge in [-0.1, -0.05) is 12.1 Å². The molecule has 5 nitrogen and oxygen atoms in total. The van der Waals surface area contributed by atoms with Gasteiger partial charge in [0.25, 0.3) is 0 Å². The molecule has 0 spiro atoms. The van der Waals surface area contributed by atoms with Crippen LogP contribution in [-0.2, 0) is 4.74 Å². The lowest BCUT2D eigenvalue weighted by Gasteiger charge is -2.18. The molecule has 19 heavy (non-hydrogen) atoms. The number of nitrogens with one attached hydrogen (secondary N) is 2. The van der Waals surface area contributed by atoms with Crippen molar-refractivity contribution in [2.45, 2.75) is 6.42 Å². The second-order valence-electron chi connectivity index (χ2n) is 4.01. The van der Waals surface area contributed by atoms with Crippen molar-refractivity contribution in [2.75, 3.05) is 26.9 Å². The predicted molar refractivity (Wildman–Crippen MR) is 78.7 cm³/mol. The number of para-hydroxylation sites is 1. The Kier molecular flexibility index (Phi) is 5.11. The highest BCUT2D eigenvalue weighted by Gasteiger charge is 2.15. The van der Waals surface area contributed by atoms with Gasteiger partial charge in [0.05, 0.1) is 18.9 Å². The molecule has 6 heteroatoms. The van der Waals surface area contributed by atoms with Gasteiger partial charge in [-0.05, 0) is 24.4 Å². The van der Waals surface area contributed by atoms with Crippen LogP contribution in [0.15, 0.2) is 29.4 Å². The van der Waals surface area contributed by atoms with Crippen LogP contribution in [0, 0.1) is 0 Å². The van der Waals surface area contributed by atoms with Crippen molar-refractivity contribution >= 4 is 23.0 Å². The third kappa shape index (κ3) is 3.90. The molecule has 1 heterocycles. The Morgan fingerprint density at radius 3 is 3.16 bits per heavy atom. The highest BCUT2D eigenvalue weighted by atomic mass is 32.1. The molecule has 0 fully saturated rings. The quantitative estimate of drug-likeness (QED) is 0.494. The van der Waals surface area contributed by atoms with Crippen LogP contribution in [0.3, 0.4) is 0 Å². The van der Waals surface area contributed by atoms with E-state index in [4.69, 9.17) is 21.7 Å². The Morgan fingerprint density at radius 1 is 1.47 bits per heavy atom. The number of nitrogens with zero attached hydrogens (tertiary/aromatic N) is 1. The topological polar surface area (TPSA) is 54.9 Å². The number of ether oxygens (including phenoxy) is 2. The second kappa shape index (κ2) is 7.06. The maximum absolute atomic E-state index is 5.57. The zero-order valence-electron chi connectivity index (χ0n) is 10.8. The summed E-state index contributed by atoms with van der Waals surface area (Å²) in [5.74, 6) is 0.868. The fourth-order valence-electron chi connectivity index (χ4n) is 1.76. The summed E-state index contributed by atoms with van der Waals surface area (Å²) >= 11 is 5.12. The molecule has 0 bridgehead atoms. The molecule has 2 rings (SSSR count). The van der Waals surface area contributed by atoms with Gasteiger partial charge in [0.1, 0.15) is 5.75 Å². The number of hydrazone groups is 1. The first-order valence-corrected chi connectivity index (χ1v) is 6.53. The molecule has 0 aliphatic carbocycles. The summed E-state index contributed by atoms with van der Waals surface area (Å²) in [6.07, 6.45) is 0.769. The maximum Gasteiger partial charge on any atom is 0.187 e. The van der Waals surface area contributed by atoms with E-state index in [9.17, 15) is 0 Å². The number of hydrogen-bond acceptors (Lipinski definition) is 4. The number of hydrogen-bond donors (Lipinski definition) is 2. The van der Waals surface area contributed by atoms with E-state index in [1.807, 2.05) is 24.3 Å². The van der Waals surface area contributed by atoms with E-state index < -0.39 is 0 Å². The molecule has 1 aliphatic heterocycles. The summed E-state index contributed by atoms with van der Waals surface area (Å²) in [5.41, 5.74) is 4.82. The van der Waals surface area contributed by atoms with E-state index in [-0.39, 0.29) is 0 Å². The molecule has 2 N–H and O–H groups in total. The summed E-state index contributed by atoms with van der Waals surface area (Å²) in [6.45, 7) is 1.91. The maximum atomic E-state index is 5.57. The van der Waals surface area contributed by atoms with Gasteiger partial charge in [-0.2, -0.15) is 5.10 Å². The van der Waals surface area contributed by atoms with Crippen molar-refractivity contribution in [1.29, 1.82) is 0 Å². The third-order valence-electron chi connectivity index (χ3n) is 2.68. The average molecular weight is 279 g/mol. The minimum Gasteiger partial charge on any atom is -0.492 e. The first kappa shape index (κ1) is 13.8. The highest BCUT2D eigenvalue weighted by molar-refractivity contribution is 7.80. The minimum atomic E-state index is 0.494. The van der Waals surface area contributed by atoms with E-state index in [2.05, 4.69) is 15.8 Å². The molecule has 0 unspecified atom stereocenters. The van der Waals surface area contributed by atoms with Gasteiger partial charge in [-0.15, -0.1) is 0 Å². The van der Waals surface area contributed by atoms with Gasteiger partial charge >= 0.3 is 0 Å². The van der Waals surface area contributed by atoms with Crippen LogP contribution in [0.4, 0.5) is 0 Å².